The van der Waals surface area contributed by atoms with Gasteiger partial charge in [-0.3, -0.25) is 0 Å². The monoisotopic (exact) mass is 466 g/mol. The van der Waals surface area contributed by atoms with Crippen molar-refractivity contribution in [1.82, 2.24) is 9.97 Å². The Bertz CT molecular complexity index is 944. The van der Waals surface area contributed by atoms with Crippen molar-refractivity contribution in [2.45, 2.75) is 36.0 Å². The van der Waals surface area contributed by atoms with Crippen molar-refractivity contribution in [3.05, 3.63) is 35.8 Å². The molecule has 0 aliphatic heterocycles. The smallest absolute Gasteiger partial charge is 0.227 e. The van der Waals surface area contributed by atoms with E-state index in [0.717, 1.165) is 12.1 Å². The Morgan fingerprint density at radius 1 is 0.533 bits per heavy atom. The van der Waals surface area contributed by atoms with Gasteiger partial charge < -0.3 is 0 Å². The number of hydrogen-bond donors (Lipinski definition) is 0. The molecule has 1 aromatic heterocycles. The van der Waals surface area contributed by atoms with Crippen molar-refractivity contribution in [3.63, 3.8) is 0 Å². The molecule has 16 heteroatoms. The molecule has 0 aliphatic carbocycles. The SMILES string of the molecule is FC(F)(F)C(F)(F)C(F)(F)c1nc(C(F)(F)C(F)(F)C(F)(F)F)c2ccccc2n1. The molecule has 2 rings (SSSR count). The fourth-order valence-corrected chi connectivity index (χ4v) is 2.10. The summed E-state index contributed by atoms with van der Waals surface area (Å²) in [4.78, 5) is 4.48. The number of nitrogens with zero attached hydrogens (tertiary/aromatic N) is 2. The predicted molar refractivity (Wildman–Crippen MR) is 69.3 cm³/mol. The van der Waals surface area contributed by atoms with Crippen LogP contribution in [0.2, 0.25) is 0 Å². The minimum Gasteiger partial charge on any atom is -0.227 e. The van der Waals surface area contributed by atoms with Crippen LogP contribution in [0.5, 0.6) is 0 Å². The quantitative estimate of drug-likeness (QED) is 0.501. The minimum atomic E-state index is -6.98. The third-order valence-corrected chi connectivity index (χ3v) is 3.68. The Hall–Kier alpha value is -2.42. The average Bonchev–Trinajstić information content (AvgIpc) is 2.58. The van der Waals surface area contributed by atoms with Crippen molar-refractivity contribution < 1.29 is 61.5 Å². The lowest BCUT2D eigenvalue weighted by molar-refractivity contribution is -0.363. The molecule has 0 radical (unpaired) electrons. The zero-order valence-corrected chi connectivity index (χ0v) is 13.5. The maximum Gasteiger partial charge on any atom is 0.460 e. The Balaban J connectivity index is 2.90. The molecular formula is C14H4F14N2. The first kappa shape index (κ1) is 23.9. The van der Waals surface area contributed by atoms with E-state index in [2.05, 4.69) is 4.98 Å². The first-order chi connectivity index (χ1) is 13.2. The number of benzene rings is 1. The molecule has 2 nitrogen and oxygen atoms in total. The number of hydrogen-bond acceptors (Lipinski definition) is 2. The third-order valence-electron chi connectivity index (χ3n) is 3.68. The van der Waals surface area contributed by atoms with Crippen LogP contribution < -0.4 is 0 Å². The summed E-state index contributed by atoms with van der Waals surface area (Å²) < 4.78 is 183. The van der Waals surface area contributed by atoms with Gasteiger partial charge in [-0.2, -0.15) is 61.5 Å². The lowest BCUT2D eigenvalue weighted by Gasteiger charge is -2.30. The number of fused-ring (bicyclic) bond motifs is 1. The fourth-order valence-electron chi connectivity index (χ4n) is 2.10. The van der Waals surface area contributed by atoms with E-state index in [1.807, 2.05) is 4.98 Å². The second-order valence-corrected chi connectivity index (χ2v) is 5.71. The van der Waals surface area contributed by atoms with Crippen LogP contribution in [-0.4, -0.2) is 34.2 Å². The Labute approximate surface area is 155 Å². The van der Waals surface area contributed by atoms with Gasteiger partial charge in [0.1, 0.15) is 5.69 Å². The van der Waals surface area contributed by atoms with E-state index in [4.69, 9.17) is 0 Å². The molecule has 0 aliphatic rings. The van der Waals surface area contributed by atoms with Gasteiger partial charge in [0.05, 0.1) is 5.52 Å². The van der Waals surface area contributed by atoms with Crippen LogP contribution in [0.25, 0.3) is 10.9 Å². The summed E-state index contributed by atoms with van der Waals surface area (Å²) in [5.74, 6) is -29.9. The number of aromatic nitrogens is 2. The summed E-state index contributed by atoms with van der Waals surface area (Å²) in [6, 6.07) is 2.30. The summed E-state index contributed by atoms with van der Waals surface area (Å²) >= 11 is 0. The van der Waals surface area contributed by atoms with Crippen molar-refractivity contribution >= 4 is 10.9 Å². The van der Waals surface area contributed by atoms with Crippen LogP contribution in [0, 0.1) is 0 Å². The van der Waals surface area contributed by atoms with E-state index in [1.165, 1.54) is 0 Å². The highest BCUT2D eigenvalue weighted by Gasteiger charge is 2.77. The van der Waals surface area contributed by atoms with Crippen LogP contribution in [0.15, 0.2) is 24.3 Å². The highest BCUT2D eigenvalue weighted by molar-refractivity contribution is 5.81. The number of alkyl halides is 14. The molecule has 0 spiro atoms. The summed E-state index contributed by atoms with van der Waals surface area (Å²) in [6.07, 6.45) is -14.0. The second kappa shape index (κ2) is 6.54. The molecule has 0 fully saturated rings. The third kappa shape index (κ3) is 3.29. The van der Waals surface area contributed by atoms with Crippen molar-refractivity contribution in [1.29, 1.82) is 0 Å². The molecule has 0 saturated carbocycles. The summed E-state index contributed by atoms with van der Waals surface area (Å²) in [5, 5.41) is -1.42. The van der Waals surface area contributed by atoms with Crippen molar-refractivity contribution in [3.8, 4) is 0 Å². The van der Waals surface area contributed by atoms with Crippen molar-refractivity contribution in [2.24, 2.45) is 0 Å². The summed E-state index contributed by atoms with van der Waals surface area (Å²) in [7, 11) is 0. The van der Waals surface area contributed by atoms with Gasteiger partial charge in [-0.25, -0.2) is 9.97 Å². The largest absolute Gasteiger partial charge is 0.460 e. The molecular weight excluding hydrogens is 462 g/mol. The molecule has 0 saturated heterocycles. The van der Waals surface area contributed by atoms with Crippen LogP contribution in [-0.2, 0) is 11.8 Å². The van der Waals surface area contributed by atoms with E-state index >= 15 is 0 Å². The highest BCUT2D eigenvalue weighted by atomic mass is 19.4. The van der Waals surface area contributed by atoms with Gasteiger partial charge in [-0.05, 0) is 6.07 Å². The lowest BCUT2D eigenvalue weighted by atomic mass is 10.0. The van der Waals surface area contributed by atoms with Crippen molar-refractivity contribution in [2.75, 3.05) is 0 Å². The van der Waals surface area contributed by atoms with Gasteiger partial charge in [-0.1, -0.05) is 18.2 Å². The maximum atomic E-state index is 14.0. The first-order valence-electron chi connectivity index (χ1n) is 7.12. The molecule has 0 unspecified atom stereocenters. The average molecular weight is 466 g/mol. The zero-order chi connectivity index (χ0) is 23.6. The molecule has 0 N–H and O–H groups in total. The Morgan fingerprint density at radius 2 is 0.967 bits per heavy atom. The topological polar surface area (TPSA) is 25.8 Å². The van der Waals surface area contributed by atoms with Gasteiger partial charge in [0.15, 0.2) is 0 Å². The van der Waals surface area contributed by atoms with E-state index in [-0.39, 0.29) is 0 Å². The van der Waals surface area contributed by atoms with Gasteiger partial charge in [0, 0.05) is 5.39 Å². The van der Waals surface area contributed by atoms with Gasteiger partial charge in [-0.15, -0.1) is 0 Å². The Morgan fingerprint density at radius 3 is 1.43 bits per heavy atom. The molecule has 0 amide bonds. The van der Waals surface area contributed by atoms with E-state index in [0.29, 0.717) is 12.1 Å². The number of para-hydroxylation sites is 1. The first-order valence-corrected chi connectivity index (χ1v) is 7.12. The van der Waals surface area contributed by atoms with Crippen LogP contribution in [0.4, 0.5) is 61.5 Å². The molecule has 1 aromatic carbocycles. The second-order valence-electron chi connectivity index (χ2n) is 5.71. The molecule has 0 atom stereocenters. The normalized spacial score (nSPS) is 15.0. The summed E-state index contributed by atoms with van der Waals surface area (Å²) in [5.41, 5.74) is -4.13. The maximum absolute atomic E-state index is 14.0. The lowest BCUT2D eigenvalue weighted by Crippen LogP contribution is -2.52. The van der Waals surface area contributed by atoms with E-state index in [9.17, 15) is 61.5 Å². The van der Waals surface area contributed by atoms with Crippen LogP contribution >= 0.6 is 0 Å². The van der Waals surface area contributed by atoms with Gasteiger partial charge in [0.25, 0.3) is 0 Å². The molecule has 2 aromatic rings. The minimum absolute atomic E-state index is 0.356. The van der Waals surface area contributed by atoms with Crippen LogP contribution in [0.1, 0.15) is 11.5 Å². The van der Waals surface area contributed by atoms with Crippen LogP contribution in [0.3, 0.4) is 0 Å². The Kier molecular flexibility index (Phi) is 5.20. The van der Waals surface area contributed by atoms with Gasteiger partial charge in [0.2, 0.25) is 5.82 Å². The highest BCUT2D eigenvalue weighted by Crippen LogP contribution is 2.54. The van der Waals surface area contributed by atoms with E-state index in [1.54, 1.807) is 0 Å². The molecule has 0 bridgehead atoms. The molecule has 1 heterocycles. The molecule has 168 valence electrons. The zero-order valence-electron chi connectivity index (χ0n) is 13.5. The standard InChI is InChI=1S/C14H4F14N2/c15-9(16,11(19,20)13(23,24)25)7-5-3-1-2-4-6(5)29-8(30-7)10(17,18)12(21,22)14(26,27)28/h1-4H. The summed E-state index contributed by atoms with van der Waals surface area (Å²) in [6.45, 7) is 0. The fraction of sp³-hybridized carbons (Fsp3) is 0.429. The predicted octanol–water partition coefficient (Wildman–Crippen LogP) is 6.21. The number of rotatable bonds is 4. The van der Waals surface area contributed by atoms with E-state index < -0.39 is 58.5 Å². The molecule has 30 heavy (non-hydrogen) atoms. The van der Waals surface area contributed by atoms with Gasteiger partial charge >= 0.3 is 36.0 Å². The number of halogens is 14.